The van der Waals surface area contributed by atoms with Crippen molar-refractivity contribution in [2.75, 3.05) is 33.2 Å². The van der Waals surface area contributed by atoms with Crippen molar-refractivity contribution in [1.29, 1.82) is 0 Å². The molecule has 0 aromatic rings. The van der Waals surface area contributed by atoms with Gasteiger partial charge in [0.1, 0.15) is 0 Å². The molecule has 0 radical (unpaired) electrons. The monoisotopic (exact) mass is 246 g/mol. The highest BCUT2D eigenvalue weighted by atomic mass is 19.4. The maximum atomic E-state index is 12.5. The van der Waals surface area contributed by atoms with Crippen LogP contribution in [0.1, 0.15) is 0 Å². The lowest BCUT2D eigenvalue weighted by Crippen LogP contribution is -2.43. The molecule has 1 saturated heterocycles. The van der Waals surface area contributed by atoms with Gasteiger partial charge in [0, 0.05) is 31.9 Å². The van der Waals surface area contributed by atoms with Gasteiger partial charge >= 0.3 is 6.18 Å². The Kier molecular flexibility index (Phi) is 4.40. The molecule has 96 valence electrons. The summed E-state index contributed by atoms with van der Waals surface area (Å²) in [4.78, 5) is 3.99. The van der Waals surface area contributed by atoms with Crippen LogP contribution in [0.15, 0.2) is 36.6 Å². The molecule has 1 fully saturated rings. The number of allylic oxidation sites excluding steroid dienone is 3. The van der Waals surface area contributed by atoms with Crippen LogP contribution in [0, 0.1) is 0 Å². The third kappa shape index (κ3) is 3.93. The lowest BCUT2D eigenvalue weighted by molar-refractivity contribution is -0.0883. The van der Waals surface area contributed by atoms with Crippen LogP contribution in [0.25, 0.3) is 0 Å². The fraction of sp³-hybridized carbons (Fsp3) is 0.500. The fourth-order valence-electron chi connectivity index (χ4n) is 1.62. The SMILES string of the molecule is C=C/C(=C\C(=C)N1CCN(C)CC1)C(F)(F)F. The zero-order chi connectivity index (χ0) is 13.1. The van der Waals surface area contributed by atoms with E-state index in [1.807, 2.05) is 11.9 Å². The molecule has 1 heterocycles. The van der Waals surface area contributed by atoms with Gasteiger partial charge in [-0.2, -0.15) is 13.2 Å². The van der Waals surface area contributed by atoms with Crippen LogP contribution in [-0.4, -0.2) is 49.2 Å². The van der Waals surface area contributed by atoms with E-state index in [0.29, 0.717) is 18.8 Å². The summed E-state index contributed by atoms with van der Waals surface area (Å²) in [5.41, 5.74) is -0.355. The zero-order valence-corrected chi connectivity index (χ0v) is 9.93. The molecule has 0 aliphatic carbocycles. The van der Waals surface area contributed by atoms with E-state index < -0.39 is 11.7 Å². The van der Waals surface area contributed by atoms with Gasteiger partial charge in [0.05, 0.1) is 5.57 Å². The number of hydrogen-bond donors (Lipinski definition) is 0. The summed E-state index contributed by atoms with van der Waals surface area (Å²) >= 11 is 0. The number of halogens is 3. The number of alkyl halides is 3. The van der Waals surface area contributed by atoms with Gasteiger partial charge in [-0.1, -0.05) is 19.2 Å². The Morgan fingerprint density at radius 2 is 1.71 bits per heavy atom. The van der Waals surface area contributed by atoms with E-state index in [-0.39, 0.29) is 0 Å². The minimum atomic E-state index is -4.36. The standard InChI is InChI=1S/C12H17F3N2/c1-4-11(12(13,14)15)9-10(2)17-7-5-16(3)6-8-17/h4,9H,1-2,5-8H2,3H3/b11-9+. The molecular formula is C12H17F3N2. The maximum Gasteiger partial charge on any atom is 0.416 e. The highest BCUT2D eigenvalue weighted by Crippen LogP contribution is 2.27. The maximum absolute atomic E-state index is 12.5. The van der Waals surface area contributed by atoms with Crippen molar-refractivity contribution < 1.29 is 13.2 Å². The van der Waals surface area contributed by atoms with Crippen molar-refractivity contribution in [2.45, 2.75) is 6.18 Å². The van der Waals surface area contributed by atoms with Crippen molar-refractivity contribution in [2.24, 2.45) is 0 Å². The first-order chi connectivity index (χ1) is 7.84. The number of rotatable bonds is 3. The largest absolute Gasteiger partial charge is 0.416 e. The Hall–Kier alpha value is -1.23. The molecule has 0 atom stereocenters. The molecule has 1 aliphatic rings. The van der Waals surface area contributed by atoms with E-state index in [9.17, 15) is 13.2 Å². The average Bonchev–Trinajstić information content (AvgIpc) is 2.24. The van der Waals surface area contributed by atoms with Crippen molar-refractivity contribution in [1.82, 2.24) is 9.80 Å². The molecule has 17 heavy (non-hydrogen) atoms. The van der Waals surface area contributed by atoms with Gasteiger partial charge in [-0.05, 0) is 13.1 Å². The van der Waals surface area contributed by atoms with Crippen LogP contribution in [0.5, 0.6) is 0 Å². The second-order valence-electron chi connectivity index (χ2n) is 4.08. The van der Waals surface area contributed by atoms with E-state index in [1.54, 1.807) is 0 Å². The predicted molar refractivity (Wildman–Crippen MR) is 62.5 cm³/mol. The average molecular weight is 246 g/mol. The summed E-state index contributed by atoms with van der Waals surface area (Å²) in [6.45, 7) is 9.95. The number of hydrogen-bond acceptors (Lipinski definition) is 2. The van der Waals surface area contributed by atoms with Gasteiger partial charge in [0.2, 0.25) is 0 Å². The third-order valence-electron chi connectivity index (χ3n) is 2.78. The fourth-order valence-corrected chi connectivity index (χ4v) is 1.62. The normalized spacial score (nSPS) is 19.3. The highest BCUT2D eigenvalue weighted by molar-refractivity contribution is 5.30. The third-order valence-corrected chi connectivity index (χ3v) is 2.78. The first-order valence-corrected chi connectivity index (χ1v) is 5.38. The minimum Gasteiger partial charge on any atom is -0.369 e. The lowest BCUT2D eigenvalue weighted by Gasteiger charge is -2.34. The summed E-state index contributed by atoms with van der Waals surface area (Å²) < 4.78 is 37.5. The van der Waals surface area contributed by atoms with Gasteiger partial charge in [-0.25, -0.2) is 0 Å². The van der Waals surface area contributed by atoms with Crippen molar-refractivity contribution >= 4 is 0 Å². The van der Waals surface area contributed by atoms with Crippen molar-refractivity contribution in [3.05, 3.63) is 36.6 Å². The van der Waals surface area contributed by atoms with E-state index in [0.717, 1.165) is 25.2 Å². The van der Waals surface area contributed by atoms with Crippen LogP contribution in [-0.2, 0) is 0 Å². The van der Waals surface area contributed by atoms with Crippen LogP contribution < -0.4 is 0 Å². The van der Waals surface area contributed by atoms with Gasteiger partial charge in [-0.3, -0.25) is 0 Å². The van der Waals surface area contributed by atoms with Gasteiger partial charge < -0.3 is 9.80 Å². The molecule has 0 amide bonds. The minimum absolute atomic E-state index is 0.394. The Balaban J connectivity index is 2.70. The van der Waals surface area contributed by atoms with E-state index >= 15 is 0 Å². The number of piperazine rings is 1. The van der Waals surface area contributed by atoms with Crippen LogP contribution in [0.4, 0.5) is 13.2 Å². The summed E-state index contributed by atoms with van der Waals surface area (Å²) in [7, 11) is 1.99. The van der Waals surface area contributed by atoms with E-state index in [1.165, 1.54) is 0 Å². The van der Waals surface area contributed by atoms with Crippen LogP contribution >= 0.6 is 0 Å². The second kappa shape index (κ2) is 5.40. The van der Waals surface area contributed by atoms with Crippen LogP contribution in [0.3, 0.4) is 0 Å². The quantitative estimate of drug-likeness (QED) is 0.706. The number of nitrogens with zero attached hydrogens (tertiary/aromatic N) is 2. The zero-order valence-electron chi connectivity index (χ0n) is 9.93. The Morgan fingerprint density at radius 3 is 2.12 bits per heavy atom. The second-order valence-corrected chi connectivity index (χ2v) is 4.08. The van der Waals surface area contributed by atoms with Gasteiger partial charge in [0.25, 0.3) is 0 Å². The first-order valence-electron chi connectivity index (χ1n) is 5.38. The molecule has 0 saturated carbocycles. The van der Waals surface area contributed by atoms with Crippen molar-refractivity contribution in [3.8, 4) is 0 Å². The Labute approximate surface area is 99.7 Å². The lowest BCUT2D eigenvalue weighted by atomic mass is 10.2. The van der Waals surface area contributed by atoms with Crippen molar-refractivity contribution in [3.63, 3.8) is 0 Å². The molecule has 0 unspecified atom stereocenters. The Bertz CT molecular complexity index is 323. The van der Waals surface area contributed by atoms with Gasteiger partial charge in [-0.15, -0.1) is 0 Å². The summed E-state index contributed by atoms with van der Waals surface area (Å²) in [5.74, 6) is 0. The molecule has 0 aromatic carbocycles. The molecule has 0 aromatic heterocycles. The molecular weight excluding hydrogens is 229 g/mol. The topological polar surface area (TPSA) is 6.48 Å². The molecule has 1 aliphatic heterocycles. The summed E-state index contributed by atoms with van der Waals surface area (Å²) in [6, 6.07) is 0. The Morgan fingerprint density at radius 1 is 1.18 bits per heavy atom. The summed E-state index contributed by atoms with van der Waals surface area (Å²) in [5, 5.41) is 0. The molecule has 5 heteroatoms. The van der Waals surface area contributed by atoms with Gasteiger partial charge in [0.15, 0.2) is 0 Å². The molecule has 0 bridgehead atoms. The predicted octanol–water partition coefficient (Wildman–Crippen LogP) is 2.42. The molecule has 0 spiro atoms. The van der Waals surface area contributed by atoms with E-state index in [4.69, 9.17) is 0 Å². The van der Waals surface area contributed by atoms with E-state index in [2.05, 4.69) is 18.1 Å². The smallest absolute Gasteiger partial charge is 0.369 e. The first kappa shape index (κ1) is 13.8. The summed E-state index contributed by atoms with van der Waals surface area (Å²) in [6.07, 6.45) is -2.49. The molecule has 0 N–H and O–H groups in total. The molecule has 2 nitrogen and oxygen atoms in total. The van der Waals surface area contributed by atoms with Crippen LogP contribution in [0.2, 0.25) is 0 Å². The highest BCUT2D eigenvalue weighted by Gasteiger charge is 2.31. The number of likely N-dealkylation sites (N-methyl/N-ethyl adjacent to an activating group) is 1. The molecule has 1 rings (SSSR count).